The number of H-pyrrole nitrogens is 1. The van der Waals surface area contributed by atoms with Crippen LogP contribution in [0.1, 0.15) is 5.69 Å². The van der Waals surface area contributed by atoms with Gasteiger partial charge in [0, 0.05) is 33.8 Å². The Morgan fingerprint density at radius 3 is 3.00 bits per heavy atom. The molecule has 1 aromatic heterocycles. The van der Waals surface area contributed by atoms with Gasteiger partial charge in [0.25, 0.3) is 0 Å². The maximum Gasteiger partial charge on any atom is 0.0567 e. The number of aromatic amines is 1. The van der Waals surface area contributed by atoms with Crippen LogP contribution in [-0.2, 0) is 17.3 Å². The summed E-state index contributed by atoms with van der Waals surface area (Å²) in [5, 5.41) is 9.98. The Kier molecular flexibility index (Phi) is 3.36. The van der Waals surface area contributed by atoms with Crippen molar-refractivity contribution in [2.45, 2.75) is 11.4 Å². The van der Waals surface area contributed by atoms with Crippen molar-refractivity contribution in [2.75, 3.05) is 11.6 Å². The lowest BCUT2D eigenvalue weighted by Gasteiger charge is -2.05. The first kappa shape index (κ1) is 10.9. The second-order valence-corrected chi connectivity index (χ2v) is 4.80. The number of rotatable bonds is 4. The van der Waals surface area contributed by atoms with Gasteiger partial charge in [0.05, 0.1) is 12.2 Å². The van der Waals surface area contributed by atoms with E-state index in [9.17, 15) is 4.21 Å². The average molecular weight is 235 g/mol. The van der Waals surface area contributed by atoms with Crippen LogP contribution in [0.25, 0.3) is 0 Å². The number of aromatic nitrogens is 2. The molecule has 2 N–H and O–H groups in total. The molecule has 84 valence electrons. The van der Waals surface area contributed by atoms with E-state index in [0.717, 1.165) is 16.3 Å². The first-order valence-electron chi connectivity index (χ1n) is 4.91. The van der Waals surface area contributed by atoms with E-state index in [-0.39, 0.29) is 0 Å². The van der Waals surface area contributed by atoms with E-state index >= 15 is 0 Å². The maximum absolute atomic E-state index is 11.3. The van der Waals surface area contributed by atoms with Gasteiger partial charge in [0.1, 0.15) is 0 Å². The van der Waals surface area contributed by atoms with Gasteiger partial charge in [0.2, 0.25) is 0 Å². The molecule has 1 heterocycles. The molecule has 0 bridgehead atoms. The van der Waals surface area contributed by atoms with Crippen molar-refractivity contribution in [3.05, 3.63) is 42.2 Å². The van der Waals surface area contributed by atoms with Crippen LogP contribution in [-0.4, -0.2) is 20.7 Å². The van der Waals surface area contributed by atoms with Crippen molar-refractivity contribution in [1.29, 1.82) is 0 Å². The van der Waals surface area contributed by atoms with E-state index in [1.54, 1.807) is 12.5 Å². The minimum absolute atomic E-state index is 0.680. The largest absolute Gasteiger partial charge is 0.379 e. The zero-order valence-corrected chi connectivity index (χ0v) is 9.75. The van der Waals surface area contributed by atoms with E-state index in [4.69, 9.17) is 0 Å². The molecule has 0 saturated heterocycles. The molecule has 1 atom stereocenters. The maximum atomic E-state index is 11.3. The van der Waals surface area contributed by atoms with Gasteiger partial charge in [-0.2, -0.15) is 5.10 Å². The molecule has 0 aliphatic heterocycles. The summed E-state index contributed by atoms with van der Waals surface area (Å²) in [6.07, 6.45) is 3.39. The predicted molar refractivity (Wildman–Crippen MR) is 64.7 cm³/mol. The standard InChI is InChI=1S/C11H13N3OS/c1-16(15)11-4-2-3-9(7-11)12-8-10-5-6-13-14-10/h2-7,12H,8H2,1H3,(H,13,14). The van der Waals surface area contributed by atoms with Gasteiger partial charge in [-0.3, -0.25) is 9.31 Å². The Morgan fingerprint density at radius 1 is 1.44 bits per heavy atom. The molecule has 1 unspecified atom stereocenters. The van der Waals surface area contributed by atoms with Crippen molar-refractivity contribution in [1.82, 2.24) is 10.2 Å². The Hall–Kier alpha value is -1.62. The molecule has 2 aromatic rings. The molecular weight excluding hydrogens is 222 g/mol. The first-order chi connectivity index (χ1) is 7.75. The molecule has 0 aliphatic rings. The Balaban J connectivity index is 2.04. The third kappa shape index (κ3) is 2.70. The number of nitrogens with one attached hydrogen (secondary N) is 2. The van der Waals surface area contributed by atoms with Gasteiger partial charge in [-0.1, -0.05) is 6.07 Å². The molecule has 5 heteroatoms. The van der Waals surface area contributed by atoms with Crippen LogP contribution in [0.4, 0.5) is 5.69 Å². The molecule has 0 fully saturated rings. The summed E-state index contributed by atoms with van der Waals surface area (Å²) >= 11 is 0. The van der Waals surface area contributed by atoms with Crippen molar-refractivity contribution >= 4 is 16.5 Å². The lowest BCUT2D eigenvalue weighted by Crippen LogP contribution is -2.00. The molecule has 1 aromatic carbocycles. The highest BCUT2D eigenvalue weighted by Gasteiger charge is 1.99. The highest BCUT2D eigenvalue weighted by atomic mass is 32.2. The van der Waals surface area contributed by atoms with Gasteiger partial charge in [-0.25, -0.2) is 0 Å². The van der Waals surface area contributed by atoms with E-state index in [1.165, 1.54) is 0 Å². The second-order valence-electron chi connectivity index (χ2n) is 3.42. The van der Waals surface area contributed by atoms with Crippen LogP contribution in [0.3, 0.4) is 0 Å². The average Bonchev–Trinajstić information content (AvgIpc) is 2.79. The minimum Gasteiger partial charge on any atom is -0.379 e. The van der Waals surface area contributed by atoms with E-state index in [1.807, 2.05) is 30.3 Å². The lowest BCUT2D eigenvalue weighted by atomic mass is 10.3. The number of hydrogen-bond donors (Lipinski definition) is 2. The first-order valence-corrected chi connectivity index (χ1v) is 6.47. The number of hydrogen-bond acceptors (Lipinski definition) is 3. The summed E-state index contributed by atoms with van der Waals surface area (Å²) in [5.41, 5.74) is 1.98. The molecule has 0 aliphatic carbocycles. The molecule has 0 spiro atoms. The number of nitrogens with zero attached hydrogens (tertiary/aromatic N) is 1. The van der Waals surface area contributed by atoms with Gasteiger partial charge < -0.3 is 5.32 Å². The minimum atomic E-state index is -0.940. The van der Waals surface area contributed by atoms with Crippen LogP contribution in [0.2, 0.25) is 0 Å². The summed E-state index contributed by atoms with van der Waals surface area (Å²) in [6, 6.07) is 9.51. The topological polar surface area (TPSA) is 57.8 Å². The molecule has 16 heavy (non-hydrogen) atoms. The monoisotopic (exact) mass is 235 g/mol. The molecule has 2 rings (SSSR count). The van der Waals surface area contributed by atoms with Gasteiger partial charge in [-0.15, -0.1) is 0 Å². The van der Waals surface area contributed by atoms with E-state index in [2.05, 4.69) is 15.5 Å². The van der Waals surface area contributed by atoms with Crippen molar-refractivity contribution < 1.29 is 4.21 Å². The molecule has 0 radical (unpaired) electrons. The van der Waals surface area contributed by atoms with Gasteiger partial charge in [-0.05, 0) is 24.3 Å². The van der Waals surface area contributed by atoms with Crippen molar-refractivity contribution in [3.8, 4) is 0 Å². The summed E-state index contributed by atoms with van der Waals surface area (Å²) in [6.45, 7) is 0.680. The Labute approximate surface area is 96.5 Å². The quantitative estimate of drug-likeness (QED) is 0.849. The zero-order chi connectivity index (χ0) is 11.4. The van der Waals surface area contributed by atoms with Crippen LogP contribution < -0.4 is 5.32 Å². The molecular formula is C11H13N3OS. The number of benzene rings is 1. The third-order valence-electron chi connectivity index (χ3n) is 2.21. The second kappa shape index (κ2) is 4.94. The van der Waals surface area contributed by atoms with Crippen LogP contribution >= 0.6 is 0 Å². The fourth-order valence-electron chi connectivity index (χ4n) is 1.37. The summed E-state index contributed by atoms with van der Waals surface area (Å²) in [5.74, 6) is 0. The number of anilines is 1. The highest BCUT2D eigenvalue weighted by Crippen LogP contribution is 2.13. The van der Waals surface area contributed by atoms with Gasteiger partial charge >= 0.3 is 0 Å². The van der Waals surface area contributed by atoms with Crippen molar-refractivity contribution in [3.63, 3.8) is 0 Å². The molecule has 4 nitrogen and oxygen atoms in total. The fraction of sp³-hybridized carbons (Fsp3) is 0.182. The summed E-state index contributed by atoms with van der Waals surface area (Å²) < 4.78 is 11.3. The summed E-state index contributed by atoms with van der Waals surface area (Å²) in [4.78, 5) is 0.828. The highest BCUT2D eigenvalue weighted by molar-refractivity contribution is 7.84. The van der Waals surface area contributed by atoms with E-state index in [0.29, 0.717) is 6.54 Å². The van der Waals surface area contributed by atoms with Crippen LogP contribution in [0.15, 0.2) is 41.4 Å². The SMILES string of the molecule is CS(=O)c1cccc(NCc2ccn[nH]2)c1. The van der Waals surface area contributed by atoms with Gasteiger partial charge in [0.15, 0.2) is 0 Å². The normalized spacial score (nSPS) is 12.3. The fourth-order valence-corrected chi connectivity index (χ4v) is 1.93. The third-order valence-corrected chi connectivity index (χ3v) is 3.13. The predicted octanol–water partition coefficient (Wildman–Crippen LogP) is 1.76. The molecule has 0 saturated carbocycles. The zero-order valence-electron chi connectivity index (χ0n) is 8.93. The summed E-state index contributed by atoms with van der Waals surface area (Å²) in [7, 11) is -0.940. The smallest absolute Gasteiger partial charge is 0.0567 e. The Bertz CT molecular complexity index is 482. The van der Waals surface area contributed by atoms with Crippen LogP contribution in [0, 0.1) is 0 Å². The lowest BCUT2D eigenvalue weighted by molar-refractivity contribution is 0.687. The molecule has 0 amide bonds. The van der Waals surface area contributed by atoms with Crippen LogP contribution in [0.5, 0.6) is 0 Å². The van der Waals surface area contributed by atoms with Crippen molar-refractivity contribution in [2.24, 2.45) is 0 Å². The Morgan fingerprint density at radius 2 is 2.31 bits per heavy atom. The van der Waals surface area contributed by atoms with E-state index < -0.39 is 10.8 Å².